The summed E-state index contributed by atoms with van der Waals surface area (Å²) in [7, 11) is 0. The average molecular weight is 385 g/mol. The van der Waals surface area contributed by atoms with Gasteiger partial charge in [-0.3, -0.25) is 14.7 Å². The van der Waals surface area contributed by atoms with Gasteiger partial charge in [-0.25, -0.2) is 9.67 Å². The summed E-state index contributed by atoms with van der Waals surface area (Å²) in [6.07, 6.45) is -0.314. The largest absolute Gasteiger partial charge is 0.405 e. The molecule has 2 aromatic heterocycles. The molecule has 0 bridgehead atoms. The van der Waals surface area contributed by atoms with Crippen molar-refractivity contribution in [1.29, 1.82) is 0 Å². The van der Waals surface area contributed by atoms with E-state index in [-0.39, 0.29) is 24.1 Å². The first-order chi connectivity index (χ1) is 12.8. The number of nitrogens with one attached hydrogen (secondary N) is 2. The predicted octanol–water partition coefficient (Wildman–Crippen LogP) is 0.699. The third kappa shape index (κ3) is 5.05. The lowest BCUT2D eigenvalue weighted by Crippen LogP contribution is -2.39. The first-order valence-corrected chi connectivity index (χ1v) is 8.32. The highest BCUT2D eigenvalue weighted by molar-refractivity contribution is 5.92. The van der Waals surface area contributed by atoms with Crippen molar-refractivity contribution >= 4 is 11.8 Å². The maximum Gasteiger partial charge on any atom is 0.405 e. The Morgan fingerprint density at radius 1 is 1.30 bits per heavy atom. The fraction of sp³-hybridized carbons (Fsp3) is 0.533. The van der Waals surface area contributed by atoms with Gasteiger partial charge < -0.3 is 10.2 Å². The lowest BCUT2D eigenvalue weighted by atomic mass is 9.93. The molecule has 146 valence electrons. The molecule has 9 nitrogen and oxygen atoms in total. The molecule has 3 heterocycles. The molecule has 2 N–H and O–H groups in total. The number of rotatable bonds is 5. The maximum absolute atomic E-state index is 12.2. The number of amides is 2. The molecule has 1 aliphatic rings. The van der Waals surface area contributed by atoms with Gasteiger partial charge in [-0.2, -0.15) is 23.4 Å². The van der Waals surface area contributed by atoms with Crippen molar-refractivity contribution in [3.05, 3.63) is 30.1 Å². The van der Waals surface area contributed by atoms with Crippen LogP contribution in [0.4, 0.5) is 13.2 Å². The highest BCUT2D eigenvalue weighted by Crippen LogP contribution is 2.27. The van der Waals surface area contributed by atoms with E-state index in [4.69, 9.17) is 0 Å². The van der Waals surface area contributed by atoms with Gasteiger partial charge in [0.1, 0.15) is 31.4 Å². The summed E-state index contributed by atoms with van der Waals surface area (Å²) in [5.41, 5.74) is 0.592. The van der Waals surface area contributed by atoms with Crippen molar-refractivity contribution in [3.8, 4) is 0 Å². The summed E-state index contributed by atoms with van der Waals surface area (Å²) in [5.74, 6) is -0.886. The molecule has 2 aromatic rings. The minimum Gasteiger partial charge on any atom is -0.342 e. The molecule has 0 radical (unpaired) electrons. The van der Waals surface area contributed by atoms with Gasteiger partial charge in [0, 0.05) is 24.7 Å². The van der Waals surface area contributed by atoms with Crippen molar-refractivity contribution in [3.63, 3.8) is 0 Å². The van der Waals surface area contributed by atoms with Gasteiger partial charge >= 0.3 is 6.18 Å². The second kappa shape index (κ2) is 7.76. The van der Waals surface area contributed by atoms with Crippen LogP contribution < -0.4 is 5.32 Å². The third-order valence-corrected chi connectivity index (χ3v) is 4.33. The van der Waals surface area contributed by atoms with Crippen LogP contribution in [0.5, 0.6) is 0 Å². The van der Waals surface area contributed by atoms with Gasteiger partial charge in [0.25, 0.3) is 5.91 Å². The molecule has 2 amide bonds. The molecule has 1 fully saturated rings. The van der Waals surface area contributed by atoms with E-state index in [0.29, 0.717) is 31.6 Å². The van der Waals surface area contributed by atoms with Crippen LogP contribution in [-0.2, 0) is 11.3 Å². The summed E-state index contributed by atoms with van der Waals surface area (Å²) < 4.78 is 37.9. The number of halogens is 3. The number of likely N-dealkylation sites (tertiary alicyclic amines) is 1. The van der Waals surface area contributed by atoms with Crippen molar-refractivity contribution in [1.82, 2.24) is 35.2 Å². The van der Waals surface area contributed by atoms with E-state index in [1.165, 1.54) is 23.4 Å². The number of hydrogen-bond donors (Lipinski definition) is 2. The van der Waals surface area contributed by atoms with Crippen LogP contribution in [0.3, 0.4) is 0 Å². The predicted molar refractivity (Wildman–Crippen MR) is 85.6 cm³/mol. The lowest BCUT2D eigenvalue weighted by Gasteiger charge is -2.31. The van der Waals surface area contributed by atoms with Crippen LogP contribution in [0.2, 0.25) is 0 Å². The normalized spacial score (nSPS) is 15.7. The molecule has 1 saturated heterocycles. The first-order valence-electron chi connectivity index (χ1n) is 8.32. The molecule has 0 aliphatic carbocycles. The Kier molecular flexibility index (Phi) is 5.42. The zero-order valence-electron chi connectivity index (χ0n) is 14.2. The molecule has 27 heavy (non-hydrogen) atoms. The highest BCUT2D eigenvalue weighted by Gasteiger charge is 2.29. The smallest absolute Gasteiger partial charge is 0.342 e. The van der Waals surface area contributed by atoms with Crippen LogP contribution in [0.1, 0.15) is 34.9 Å². The monoisotopic (exact) mass is 385 g/mol. The van der Waals surface area contributed by atoms with Crippen molar-refractivity contribution < 1.29 is 22.8 Å². The van der Waals surface area contributed by atoms with Gasteiger partial charge in [0.05, 0.1) is 0 Å². The number of piperidine rings is 1. The van der Waals surface area contributed by atoms with Gasteiger partial charge in [-0.1, -0.05) is 0 Å². The molecular formula is C15H18F3N7O2. The minimum atomic E-state index is -4.47. The zero-order chi connectivity index (χ0) is 19.4. The summed E-state index contributed by atoms with van der Waals surface area (Å²) in [5, 5.41) is 12.2. The topological polar surface area (TPSA) is 109 Å². The van der Waals surface area contributed by atoms with Crippen LogP contribution in [-0.4, -0.2) is 67.5 Å². The number of aromatic nitrogens is 5. The fourth-order valence-corrected chi connectivity index (χ4v) is 2.93. The second-order valence-corrected chi connectivity index (χ2v) is 6.25. The maximum atomic E-state index is 12.2. The van der Waals surface area contributed by atoms with Gasteiger partial charge in [0.15, 0.2) is 0 Å². The lowest BCUT2D eigenvalue weighted by molar-refractivity contribution is -0.133. The van der Waals surface area contributed by atoms with Crippen LogP contribution >= 0.6 is 0 Å². The quantitative estimate of drug-likeness (QED) is 0.788. The Hall–Kier alpha value is -2.92. The number of hydrogen-bond acceptors (Lipinski definition) is 5. The van der Waals surface area contributed by atoms with E-state index in [2.05, 4.69) is 20.3 Å². The molecule has 0 atom stereocenters. The molecule has 12 heteroatoms. The van der Waals surface area contributed by atoms with E-state index in [1.807, 2.05) is 0 Å². The van der Waals surface area contributed by atoms with Gasteiger partial charge in [-0.15, -0.1) is 0 Å². The summed E-state index contributed by atoms with van der Waals surface area (Å²) in [6.45, 7) is -0.210. The van der Waals surface area contributed by atoms with E-state index >= 15 is 0 Å². The summed E-state index contributed by atoms with van der Waals surface area (Å²) in [4.78, 5) is 29.5. The van der Waals surface area contributed by atoms with Crippen LogP contribution in [0.15, 0.2) is 18.7 Å². The van der Waals surface area contributed by atoms with Crippen molar-refractivity contribution in [2.45, 2.75) is 31.5 Å². The number of nitrogens with zero attached hydrogens (tertiary/aromatic N) is 5. The van der Waals surface area contributed by atoms with Gasteiger partial charge in [-0.05, 0) is 18.9 Å². The van der Waals surface area contributed by atoms with E-state index in [1.54, 1.807) is 10.2 Å². The third-order valence-electron chi connectivity index (χ3n) is 4.33. The Labute approximate surface area is 151 Å². The zero-order valence-corrected chi connectivity index (χ0v) is 14.2. The van der Waals surface area contributed by atoms with E-state index in [9.17, 15) is 22.8 Å². The Morgan fingerprint density at radius 2 is 2.04 bits per heavy atom. The van der Waals surface area contributed by atoms with E-state index in [0.717, 1.165) is 0 Å². The molecule has 0 unspecified atom stereocenters. The fourth-order valence-electron chi connectivity index (χ4n) is 2.93. The van der Waals surface area contributed by atoms with Crippen LogP contribution in [0, 0.1) is 0 Å². The average Bonchev–Trinajstić information content (AvgIpc) is 3.31. The van der Waals surface area contributed by atoms with Crippen LogP contribution in [0.25, 0.3) is 0 Å². The summed E-state index contributed by atoms with van der Waals surface area (Å²) in [6, 6.07) is 1.46. The molecule has 0 spiro atoms. The molecule has 0 aromatic carbocycles. The first kappa shape index (κ1) is 18.9. The molecule has 3 rings (SSSR count). The Balaban J connectivity index is 1.50. The van der Waals surface area contributed by atoms with Gasteiger partial charge in [0.2, 0.25) is 5.91 Å². The SMILES string of the molecule is O=C(NCC(F)(F)F)c1cc(C2CCN(C(=O)Cn3cncn3)CC2)[nH]n1. The standard InChI is InChI=1S/C15H18F3N7O2/c16-15(17,18)7-20-14(27)12-5-11(22-23-12)10-1-3-24(4-2-10)13(26)6-25-9-19-8-21-25/h5,8-10H,1-4,6-7H2,(H,20,27)(H,22,23). The molecule has 1 aliphatic heterocycles. The Bertz CT molecular complexity index is 780. The van der Waals surface area contributed by atoms with Crippen molar-refractivity contribution in [2.75, 3.05) is 19.6 Å². The Morgan fingerprint density at radius 3 is 2.67 bits per heavy atom. The second-order valence-electron chi connectivity index (χ2n) is 6.25. The summed E-state index contributed by atoms with van der Waals surface area (Å²) >= 11 is 0. The number of carbonyl (C=O) groups is 2. The molecule has 0 saturated carbocycles. The minimum absolute atomic E-state index is 0.0529. The van der Waals surface area contributed by atoms with E-state index < -0.39 is 18.6 Å². The number of alkyl halides is 3. The highest BCUT2D eigenvalue weighted by atomic mass is 19.4. The number of carbonyl (C=O) groups excluding carboxylic acids is 2. The number of aromatic amines is 1. The molecular weight excluding hydrogens is 367 g/mol. The number of H-pyrrole nitrogens is 1. The van der Waals surface area contributed by atoms with Crippen molar-refractivity contribution in [2.24, 2.45) is 0 Å².